The highest BCUT2D eigenvalue weighted by atomic mass is 16.6. The summed E-state index contributed by atoms with van der Waals surface area (Å²) in [4.78, 5) is 13.8. The minimum absolute atomic E-state index is 0.102. The van der Waals surface area contributed by atoms with Crippen LogP contribution in [0.2, 0.25) is 0 Å². The molecule has 4 heteroatoms. The van der Waals surface area contributed by atoms with Gasteiger partial charge in [0.05, 0.1) is 12.3 Å². The number of carbonyl (C=O) groups is 1. The van der Waals surface area contributed by atoms with Gasteiger partial charge in [-0.05, 0) is 24.0 Å². The van der Waals surface area contributed by atoms with Gasteiger partial charge in [-0.3, -0.25) is 4.90 Å². The van der Waals surface area contributed by atoms with Crippen LogP contribution in [-0.2, 0) is 17.6 Å². The van der Waals surface area contributed by atoms with E-state index < -0.39 is 0 Å². The summed E-state index contributed by atoms with van der Waals surface area (Å²) in [6.45, 7) is 4.68. The summed E-state index contributed by atoms with van der Waals surface area (Å²) < 4.78 is 5.24. The number of nitrogens with zero attached hydrogens (tertiary/aromatic N) is 1. The van der Waals surface area contributed by atoms with Crippen molar-refractivity contribution in [2.75, 3.05) is 18.1 Å². The molecule has 1 aliphatic heterocycles. The summed E-state index contributed by atoms with van der Waals surface area (Å²) >= 11 is 0. The monoisotopic (exact) mass is 263 g/mol. The van der Waals surface area contributed by atoms with Gasteiger partial charge in [-0.1, -0.05) is 32.0 Å². The highest BCUT2D eigenvalue weighted by molar-refractivity contribution is 5.90. The van der Waals surface area contributed by atoms with Crippen molar-refractivity contribution in [2.45, 2.75) is 39.2 Å². The molecule has 1 saturated heterocycles. The molecule has 0 aromatic heterocycles. The van der Waals surface area contributed by atoms with Gasteiger partial charge in [0.2, 0.25) is 0 Å². The fourth-order valence-corrected chi connectivity index (χ4v) is 2.52. The number of cyclic esters (lactones) is 1. The van der Waals surface area contributed by atoms with Crippen LogP contribution in [0.15, 0.2) is 18.2 Å². The van der Waals surface area contributed by atoms with Crippen molar-refractivity contribution in [3.63, 3.8) is 0 Å². The van der Waals surface area contributed by atoms with Gasteiger partial charge in [0.25, 0.3) is 0 Å². The Hall–Kier alpha value is -1.55. The van der Waals surface area contributed by atoms with Crippen LogP contribution in [0.5, 0.6) is 0 Å². The number of hydrogen-bond acceptors (Lipinski definition) is 3. The van der Waals surface area contributed by atoms with Crippen LogP contribution < -0.4 is 4.90 Å². The zero-order valence-electron chi connectivity index (χ0n) is 11.6. The molecule has 19 heavy (non-hydrogen) atoms. The number of rotatable bonds is 4. The van der Waals surface area contributed by atoms with E-state index in [0.29, 0.717) is 13.0 Å². The largest absolute Gasteiger partial charge is 0.443 e. The fraction of sp³-hybridized carbons (Fsp3) is 0.533. The van der Waals surface area contributed by atoms with E-state index in [2.05, 4.69) is 26.0 Å². The van der Waals surface area contributed by atoms with Crippen molar-refractivity contribution in [2.24, 2.45) is 0 Å². The molecule has 1 N–H and O–H groups in total. The number of hydrogen-bond donors (Lipinski definition) is 1. The van der Waals surface area contributed by atoms with Crippen molar-refractivity contribution < 1.29 is 14.6 Å². The van der Waals surface area contributed by atoms with E-state index >= 15 is 0 Å². The van der Waals surface area contributed by atoms with Gasteiger partial charge < -0.3 is 9.84 Å². The third-order valence-electron chi connectivity index (χ3n) is 3.60. The molecule has 1 unspecified atom stereocenters. The highest BCUT2D eigenvalue weighted by Gasteiger charge is 2.29. The molecule has 2 rings (SSSR count). The Balaban J connectivity index is 2.33. The van der Waals surface area contributed by atoms with Gasteiger partial charge in [-0.15, -0.1) is 0 Å². The number of aliphatic hydroxyl groups is 1. The Kier molecular flexibility index (Phi) is 4.43. The lowest BCUT2D eigenvalue weighted by Gasteiger charge is -2.33. The SMILES string of the molecule is CCc1cccc(CC)c1N1CCC(CO)OC1=O. The molecule has 1 heterocycles. The van der Waals surface area contributed by atoms with Gasteiger partial charge in [0.15, 0.2) is 0 Å². The minimum atomic E-state index is -0.359. The zero-order valence-corrected chi connectivity index (χ0v) is 11.6. The normalized spacial score (nSPS) is 19.4. The van der Waals surface area contributed by atoms with Gasteiger partial charge in [-0.2, -0.15) is 0 Å². The minimum Gasteiger partial charge on any atom is -0.443 e. The number of ether oxygens (including phenoxy) is 1. The Morgan fingerprint density at radius 3 is 2.42 bits per heavy atom. The van der Waals surface area contributed by atoms with Crippen LogP contribution >= 0.6 is 0 Å². The summed E-state index contributed by atoms with van der Waals surface area (Å²) in [5.74, 6) is 0. The van der Waals surface area contributed by atoms with E-state index in [4.69, 9.17) is 9.84 Å². The van der Waals surface area contributed by atoms with Gasteiger partial charge in [0.1, 0.15) is 6.10 Å². The number of benzene rings is 1. The maximum atomic E-state index is 12.1. The summed E-state index contributed by atoms with van der Waals surface area (Å²) in [6.07, 6.45) is 1.74. The predicted molar refractivity (Wildman–Crippen MR) is 74.5 cm³/mol. The van der Waals surface area contributed by atoms with Crippen LogP contribution in [-0.4, -0.2) is 30.5 Å². The summed E-state index contributed by atoms with van der Waals surface area (Å²) in [7, 11) is 0. The molecule has 1 aromatic carbocycles. The van der Waals surface area contributed by atoms with Crippen LogP contribution in [0.1, 0.15) is 31.4 Å². The van der Waals surface area contributed by atoms with E-state index in [1.807, 2.05) is 6.07 Å². The Morgan fingerprint density at radius 2 is 1.95 bits per heavy atom. The number of carbonyl (C=O) groups excluding carboxylic acids is 1. The fourth-order valence-electron chi connectivity index (χ4n) is 2.52. The average molecular weight is 263 g/mol. The first-order valence-electron chi connectivity index (χ1n) is 6.91. The highest BCUT2D eigenvalue weighted by Crippen LogP contribution is 2.30. The standard InChI is InChI=1S/C15H21NO3/c1-3-11-6-5-7-12(4-2)14(11)16-9-8-13(10-17)19-15(16)18/h5-7,13,17H,3-4,8-10H2,1-2H3. The quantitative estimate of drug-likeness (QED) is 0.908. The van der Waals surface area contributed by atoms with Crippen molar-refractivity contribution in [3.05, 3.63) is 29.3 Å². The number of aliphatic hydroxyl groups excluding tert-OH is 1. The van der Waals surface area contributed by atoms with Crippen LogP contribution in [0, 0.1) is 0 Å². The number of aryl methyl sites for hydroxylation is 2. The second-order valence-electron chi connectivity index (χ2n) is 4.76. The molecule has 1 fully saturated rings. The molecule has 0 radical (unpaired) electrons. The molecule has 1 atom stereocenters. The van der Waals surface area contributed by atoms with Crippen molar-refractivity contribution in [3.8, 4) is 0 Å². The molecule has 0 bridgehead atoms. The summed E-state index contributed by atoms with van der Waals surface area (Å²) in [5, 5.41) is 9.07. The first kappa shape index (κ1) is 13.9. The summed E-state index contributed by atoms with van der Waals surface area (Å²) in [6, 6.07) is 6.15. The molecule has 0 saturated carbocycles. The Bertz CT molecular complexity index is 436. The van der Waals surface area contributed by atoms with Crippen LogP contribution in [0.4, 0.5) is 10.5 Å². The summed E-state index contributed by atoms with van der Waals surface area (Å²) in [5.41, 5.74) is 3.33. The molecule has 1 aromatic rings. The molecular formula is C15H21NO3. The first-order valence-corrected chi connectivity index (χ1v) is 6.91. The lowest BCUT2D eigenvalue weighted by atomic mass is 10.0. The molecule has 1 aliphatic rings. The lowest BCUT2D eigenvalue weighted by Crippen LogP contribution is -2.44. The average Bonchev–Trinajstić information content (AvgIpc) is 2.46. The van der Waals surface area contributed by atoms with Gasteiger partial charge in [-0.25, -0.2) is 4.79 Å². The van der Waals surface area contributed by atoms with E-state index in [1.165, 1.54) is 11.1 Å². The molecule has 104 valence electrons. The third-order valence-corrected chi connectivity index (χ3v) is 3.60. The topological polar surface area (TPSA) is 49.8 Å². The zero-order chi connectivity index (χ0) is 13.8. The first-order chi connectivity index (χ1) is 9.21. The smallest absolute Gasteiger partial charge is 0.414 e. The van der Waals surface area contributed by atoms with Crippen molar-refractivity contribution in [1.82, 2.24) is 0 Å². The van der Waals surface area contributed by atoms with Crippen molar-refractivity contribution in [1.29, 1.82) is 0 Å². The molecule has 1 amide bonds. The second kappa shape index (κ2) is 6.06. The maximum absolute atomic E-state index is 12.1. The van der Waals surface area contributed by atoms with E-state index in [0.717, 1.165) is 18.5 Å². The van der Waals surface area contributed by atoms with E-state index in [1.54, 1.807) is 4.90 Å². The predicted octanol–water partition coefficient (Wildman–Crippen LogP) is 2.52. The number of para-hydroxylation sites is 1. The number of anilines is 1. The maximum Gasteiger partial charge on any atom is 0.414 e. The molecule has 4 nitrogen and oxygen atoms in total. The number of amides is 1. The Labute approximate surface area is 114 Å². The van der Waals surface area contributed by atoms with E-state index in [9.17, 15) is 4.79 Å². The lowest BCUT2D eigenvalue weighted by molar-refractivity contribution is 0.0452. The third kappa shape index (κ3) is 2.73. The molecular weight excluding hydrogens is 242 g/mol. The van der Waals surface area contributed by atoms with Crippen molar-refractivity contribution >= 4 is 11.8 Å². The second-order valence-corrected chi connectivity index (χ2v) is 4.76. The van der Waals surface area contributed by atoms with Gasteiger partial charge in [0, 0.05) is 13.0 Å². The van der Waals surface area contributed by atoms with E-state index in [-0.39, 0.29) is 18.8 Å². The molecule has 0 aliphatic carbocycles. The van der Waals surface area contributed by atoms with Gasteiger partial charge >= 0.3 is 6.09 Å². The Morgan fingerprint density at radius 1 is 1.32 bits per heavy atom. The van der Waals surface area contributed by atoms with Crippen LogP contribution in [0.25, 0.3) is 0 Å². The molecule has 0 spiro atoms. The van der Waals surface area contributed by atoms with Crippen LogP contribution in [0.3, 0.4) is 0 Å².